The third kappa shape index (κ3) is 3.72. The Morgan fingerprint density at radius 1 is 1.26 bits per heavy atom. The van der Waals surface area contributed by atoms with Crippen molar-refractivity contribution in [2.75, 3.05) is 6.54 Å². The fourth-order valence-corrected chi connectivity index (χ4v) is 2.69. The van der Waals surface area contributed by atoms with Gasteiger partial charge in [0.25, 0.3) is 0 Å². The van der Waals surface area contributed by atoms with Crippen LogP contribution in [-0.2, 0) is 0 Å². The monoisotopic (exact) mass is 271 g/mol. The number of benzene rings is 1. The molecular weight excluding hydrogens is 251 g/mol. The molecule has 1 aromatic rings. The summed E-state index contributed by atoms with van der Waals surface area (Å²) in [5.41, 5.74) is 1.93. The van der Waals surface area contributed by atoms with E-state index < -0.39 is 18.6 Å². The first kappa shape index (κ1) is 14.4. The van der Waals surface area contributed by atoms with Crippen LogP contribution in [0.2, 0.25) is 0 Å². The van der Waals surface area contributed by atoms with Crippen LogP contribution in [0.15, 0.2) is 24.3 Å². The van der Waals surface area contributed by atoms with Gasteiger partial charge in [-0.2, -0.15) is 13.2 Å². The van der Waals surface area contributed by atoms with Crippen molar-refractivity contribution in [2.45, 2.75) is 50.7 Å². The molecule has 1 unspecified atom stereocenters. The van der Waals surface area contributed by atoms with Gasteiger partial charge < -0.3 is 5.32 Å². The Bertz CT molecular complexity index is 410. The Morgan fingerprint density at radius 2 is 1.95 bits per heavy atom. The Morgan fingerprint density at radius 3 is 2.47 bits per heavy atom. The molecule has 0 amide bonds. The Labute approximate surface area is 112 Å². The molecule has 19 heavy (non-hydrogen) atoms. The number of alkyl halides is 3. The van der Waals surface area contributed by atoms with Crippen LogP contribution in [0.25, 0.3) is 0 Å². The fourth-order valence-electron chi connectivity index (χ4n) is 2.69. The summed E-state index contributed by atoms with van der Waals surface area (Å²) in [4.78, 5) is 0. The van der Waals surface area contributed by atoms with Crippen LogP contribution in [0.3, 0.4) is 0 Å². The summed E-state index contributed by atoms with van der Waals surface area (Å²) in [7, 11) is 0. The molecule has 0 saturated heterocycles. The Kier molecular flexibility index (Phi) is 4.50. The molecule has 1 saturated carbocycles. The molecule has 106 valence electrons. The molecule has 0 aliphatic heterocycles. The van der Waals surface area contributed by atoms with E-state index in [2.05, 4.69) is 5.32 Å². The summed E-state index contributed by atoms with van der Waals surface area (Å²) < 4.78 is 38.1. The van der Waals surface area contributed by atoms with Crippen LogP contribution < -0.4 is 5.32 Å². The molecule has 0 radical (unpaired) electrons. The van der Waals surface area contributed by atoms with Crippen molar-refractivity contribution >= 4 is 0 Å². The first-order valence-corrected chi connectivity index (χ1v) is 6.90. The molecule has 1 aromatic carbocycles. The van der Waals surface area contributed by atoms with E-state index in [1.165, 1.54) is 6.42 Å². The predicted molar refractivity (Wildman–Crippen MR) is 70.1 cm³/mol. The molecule has 1 atom stereocenters. The van der Waals surface area contributed by atoms with Gasteiger partial charge in [0.2, 0.25) is 0 Å². The minimum absolute atomic E-state index is 0.450. The third-order valence-electron chi connectivity index (χ3n) is 3.80. The number of halogens is 3. The molecule has 1 N–H and O–H groups in total. The van der Waals surface area contributed by atoms with Gasteiger partial charge in [0, 0.05) is 6.04 Å². The number of rotatable bonds is 5. The second kappa shape index (κ2) is 5.95. The average Bonchev–Trinajstić information content (AvgIpc) is 2.25. The van der Waals surface area contributed by atoms with Crippen LogP contribution in [0.5, 0.6) is 0 Å². The summed E-state index contributed by atoms with van der Waals surface area (Å²) in [6, 6.07) is 6.96. The van der Waals surface area contributed by atoms with Crippen molar-refractivity contribution in [3.63, 3.8) is 0 Å². The Balaban J connectivity index is 2.24. The lowest BCUT2D eigenvalue weighted by Crippen LogP contribution is -2.28. The van der Waals surface area contributed by atoms with Crippen LogP contribution in [0.4, 0.5) is 13.2 Å². The summed E-state index contributed by atoms with van der Waals surface area (Å²) in [6.45, 7) is 2.38. The summed E-state index contributed by atoms with van der Waals surface area (Å²) in [6.07, 6.45) is -1.56. The highest BCUT2D eigenvalue weighted by molar-refractivity contribution is 5.34. The highest BCUT2D eigenvalue weighted by Gasteiger charge is 2.34. The molecule has 0 spiro atoms. The number of hydrogen-bond acceptors (Lipinski definition) is 1. The highest BCUT2D eigenvalue weighted by Crippen LogP contribution is 2.41. The minimum Gasteiger partial charge on any atom is -0.310 e. The van der Waals surface area contributed by atoms with Gasteiger partial charge in [-0.3, -0.25) is 0 Å². The topological polar surface area (TPSA) is 12.0 Å². The maximum absolute atomic E-state index is 12.7. The van der Waals surface area contributed by atoms with Crippen molar-refractivity contribution in [3.05, 3.63) is 35.4 Å². The second-order valence-electron chi connectivity index (χ2n) is 5.19. The number of nitrogens with one attached hydrogen (secondary N) is 1. The zero-order chi connectivity index (χ0) is 13.9. The normalized spacial score (nSPS) is 18.1. The van der Waals surface area contributed by atoms with E-state index >= 15 is 0 Å². The quantitative estimate of drug-likeness (QED) is 0.828. The molecule has 0 aromatic heterocycles. The smallest absolute Gasteiger partial charge is 0.310 e. The van der Waals surface area contributed by atoms with Gasteiger partial charge in [0.05, 0.1) is 6.42 Å². The zero-order valence-electron chi connectivity index (χ0n) is 11.1. The maximum atomic E-state index is 12.7. The van der Waals surface area contributed by atoms with Gasteiger partial charge in [-0.05, 0) is 36.4 Å². The zero-order valence-corrected chi connectivity index (χ0v) is 11.1. The van der Waals surface area contributed by atoms with Crippen LogP contribution in [0, 0.1) is 0 Å². The van der Waals surface area contributed by atoms with Gasteiger partial charge in [0.1, 0.15) is 0 Å². The van der Waals surface area contributed by atoms with Crippen molar-refractivity contribution < 1.29 is 13.2 Å². The summed E-state index contributed by atoms with van der Waals surface area (Å²) in [5.74, 6) is 0.450. The minimum atomic E-state index is -4.14. The van der Waals surface area contributed by atoms with Crippen molar-refractivity contribution in [3.8, 4) is 0 Å². The van der Waals surface area contributed by atoms with Gasteiger partial charge in [0.15, 0.2) is 0 Å². The molecule has 4 heteroatoms. The van der Waals surface area contributed by atoms with Gasteiger partial charge in [-0.15, -0.1) is 0 Å². The molecule has 2 rings (SSSR count). The molecule has 0 bridgehead atoms. The van der Waals surface area contributed by atoms with E-state index in [1.807, 2.05) is 31.2 Å². The van der Waals surface area contributed by atoms with Crippen LogP contribution in [-0.4, -0.2) is 12.7 Å². The molecular formula is C15H20F3N. The van der Waals surface area contributed by atoms with E-state index in [0.29, 0.717) is 12.5 Å². The van der Waals surface area contributed by atoms with Crippen LogP contribution in [0.1, 0.15) is 55.7 Å². The lowest BCUT2D eigenvalue weighted by Gasteiger charge is -2.31. The van der Waals surface area contributed by atoms with Crippen molar-refractivity contribution in [1.29, 1.82) is 0 Å². The highest BCUT2D eigenvalue weighted by atomic mass is 19.4. The molecule has 0 heterocycles. The SMILES string of the molecule is CCNC(CC(F)(F)F)c1ccccc1C1CCC1. The molecule has 1 aliphatic rings. The first-order chi connectivity index (χ1) is 9.01. The van der Waals surface area contributed by atoms with E-state index in [1.54, 1.807) is 0 Å². The third-order valence-corrected chi connectivity index (χ3v) is 3.80. The lowest BCUT2D eigenvalue weighted by atomic mass is 9.77. The molecule has 1 aliphatic carbocycles. The van der Waals surface area contributed by atoms with E-state index in [0.717, 1.165) is 24.0 Å². The summed E-state index contributed by atoms with van der Waals surface area (Å²) in [5, 5.41) is 2.98. The fraction of sp³-hybridized carbons (Fsp3) is 0.600. The van der Waals surface area contributed by atoms with E-state index in [9.17, 15) is 13.2 Å². The average molecular weight is 271 g/mol. The lowest BCUT2D eigenvalue weighted by molar-refractivity contribution is -0.140. The van der Waals surface area contributed by atoms with Gasteiger partial charge in [-0.25, -0.2) is 0 Å². The van der Waals surface area contributed by atoms with E-state index in [-0.39, 0.29) is 0 Å². The van der Waals surface area contributed by atoms with Crippen molar-refractivity contribution in [2.24, 2.45) is 0 Å². The van der Waals surface area contributed by atoms with Crippen LogP contribution >= 0.6 is 0 Å². The standard InChI is InChI=1S/C15H20F3N/c1-2-19-14(10-15(16,17)18)13-9-4-3-8-12(13)11-6-5-7-11/h3-4,8-9,11,14,19H,2,5-7,10H2,1H3. The van der Waals surface area contributed by atoms with Gasteiger partial charge >= 0.3 is 6.18 Å². The first-order valence-electron chi connectivity index (χ1n) is 6.90. The summed E-state index contributed by atoms with van der Waals surface area (Å²) >= 11 is 0. The largest absolute Gasteiger partial charge is 0.390 e. The molecule has 1 fully saturated rings. The second-order valence-corrected chi connectivity index (χ2v) is 5.19. The van der Waals surface area contributed by atoms with Crippen molar-refractivity contribution in [1.82, 2.24) is 5.32 Å². The number of hydrogen-bond donors (Lipinski definition) is 1. The Hall–Kier alpha value is -1.03. The van der Waals surface area contributed by atoms with E-state index in [4.69, 9.17) is 0 Å². The maximum Gasteiger partial charge on any atom is 0.390 e. The predicted octanol–water partition coefficient (Wildman–Crippen LogP) is 4.56. The van der Waals surface area contributed by atoms with Gasteiger partial charge in [-0.1, -0.05) is 37.6 Å². The molecule has 1 nitrogen and oxygen atoms in total.